The Morgan fingerprint density at radius 2 is 2.07 bits per heavy atom. The van der Waals surface area contributed by atoms with E-state index in [1.807, 2.05) is 6.07 Å². The summed E-state index contributed by atoms with van der Waals surface area (Å²) in [6, 6.07) is 3.58. The highest BCUT2D eigenvalue weighted by atomic mass is 19.4. The molecule has 0 bridgehead atoms. The van der Waals surface area contributed by atoms with Crippen molar-refractivity contribution in [3.8, 4) is 0 Å². The smallest absolute Gasteiger partial charge is 0.475 e. The second-order valence-electron chi connectivity index (χ2n) is 5.76. The fourth-order valence-electron chi connectivity index (χ4n) is 2.79. The summed E-state index contributed by atoms with van der Waals surface area (Å²) in [6.45, 7) is 4.75. The Hall–Kier alpha value is -3.11. The molecule has 27 heavy (non-hydrogen) atoms. The lowest BCUT2D eigenvalue weighted by molar-refractivity contribution is -0.192. The Labute approximate surface area is 150 Å². The minimum Gasteiger partial charge on any atom is -0.475 e. The first kappa shape index (κ1) is 20.2. The van der Waals surface area contributed by atoms with Crippen LogP contribution >= 0.6 is 0 Å². The molecule has 1 aliphatic heterocycles. The van der Waals surface area contributed by atoms with E-state index in [4.69, 9.17) is 9.90 Å². The van der Waals surface area contributed by atoms with Crippen molar-refractivity contribution in [1.82, 2.24) is 19.4 Å². The van der Waals surface area contributed by atoms with E-state index >= 15 is 0 Å². The van der Waals surface area contributed by atoms with E-state index < -0.39 is 12.1 Å². The third-order valence-electron chi connectivity index (χ3n) is 3.97. The second-order valence-corrected chi connectivity index (χ2v) is 5.76. The molecule has 0 aliphatic carbocycles. The van der Waals surface area contributed by atoms with Crippen LogP contribution in [-0.2, 0) is 9.59 Å². The number of H-pyrrole nitrogens is 1. The summed E-state index contributed by atoms with van der Waals surface area (Å²) >= 11 is 0. The number of rotatable bonds is 2. The zero-order valence-electron chi connectivity index (χ0n) is 14.1. The number of hydrogen-bond donors (Lipinski definition) is 2. The van der Waals surface area contributed by atoms with Crippen LogP contribution in [0.3, 0.4) is 0 Å². The van der Waals surface area contributed by atoms with Crippen LogP contribution in [0.2, 0.25) is 0 Å². The van der Waals surface area contributed by atoms with Crippen molar-refractivity contribution in [1.29, 1.82) is 0 Å². The molecule has 1 atom stereocenters. The van der Waals surface area contributed by atoms with Gasteiger partial charge in [-0.3, -0.25) is 9.36 Å². The van der Waals surface area contributed by atoms with Crippen molar-refractivity contribution in [2.24, 2.45) is 0 Å². The van der Waals surface area contributed by atoms with Gasteiger partial charge in [-0.05, 0) is 31.1 Å². The zero-order valence-corrected chi connectivity index (χ0v) is 14.1. The molecule has 0 aromatic carbocycles. The fraction of sp³-hybridized carbons (Fsp3) is 0.375. The Bertz CT molecular complexity index is 903. The molecule has 0 radical (unpaired) electrons. The first-order valence-electron chi connectivity index (χ1n) is 7.91. The van der Waals surface area contributed by atoms with Gasteiger partial charge < -0.3 is 15.0 Å². The highest BCUT2D eigenvalue weighted by Crippen LogP contribution is 2.23. The van der Waals surface area contributed by atoms with E-state index in [1.54, 1.807) is 21.7 Å². The molecule has 146 valence electrons. The van der Waals surface area contributed by atoms with Gasteiger partial charge >= 0.3 is 17.8 Å². The number of alkyl halides is 3. The number of carboxylic acid groups (broad SMARTS) is 1. The van der Waals surface area contributed by atoms with Crippen molar-refractivity contribution in [3.05, 3.63) is 41.5 Å². The summed E-state index contributed by atoms with van der Waals surface area (Å²) in [5.41, 5.74) is 1.21. The summed E-state index contributed by atoms with van der Waals surface area (Å²) in [4.78, 5) is 41.6. The molecule has 0 spiro atoms. The molecule has 1 amide bonds. The van der Waals surface area contributed by atoms with Gasteiger partial charge in [0.05, 0.1) is 11.6 Å². The van der Waals surface area contributed by atoms with E-state index in [-0.39, 0.29) is 17.6 Å². The van der Waals surface area contributed by atoms with Gasteiger partial charge in [-0.15, -0.1) is 0 Å². The zero-order chi connectivity index (χ0) is 20.2. The molecule has 3 heterocycles. The normalized spacial score (nSPS) is 17.1. The lowest BCUT2D eigenvalue weighted by Gasteiger charge is -2.32. The third-order valence-corrected chi connectivity index (χ3v) is 3.97. The van der Waals surface area contributed by atoms with Crippen molar-refractivity contribution in [2.75, 3.05) is 13.1 Å². The lowest BCUT2D eigenvalue weighted by atomic mass is 10.1. The molecule has 0 saturated carbocycles. The van der Waals surface area contributed by atoms with Crippen LogP contribution in [0.4, 0.5) is 13.2 Å². The van der Waals surface area contributed by atoms with Crippen LogP contribution in [0.15, 0.2) is 35.8 Å². The summed E-state index contributed by atoms with van der Waals surface area (Å²) in [5, 5.41) is 7.12. The number of likely N-dealkylation sites (tertiary alicyclic amines) is 1. The van der Waals surface area contributed by atoms with Gasteiger partial charge in [-0.1, -0.05) is 6.58 Å². The van der Waals surface area contributed by atoms with Gasteiger partial charge in [-0.2, -0.15) is 13.2 Å². The molecule has 3 rings (SSSR count). The Kier molecular flexibility index (Phi) is 6.03. The maximum atomic E-state index is 12.1. The highest BCUT2D eigenvalue weighted by Gasteiger charge is 2.38. The summed E-state index contributed by atoms with van der Waals surface area (Å²) in [5.74, 6) is -2.84. The number of pyridine rings is 1. The topological polar surface area (TPSA) is 108 Å². The number of halogens is 3. The molecule has 2 aromatic heterocycles. The summed E-state index contributed by atoms with van der Waals surface area (Å²) in [6.07, 6.45) is -0.360. The van der Waals surface area contributed by atoms with Gasteiger partial charge in [-0.25, -0.2) is 14.6 Å². The van der Waals surface area contributed by atoms with Crippen molar-refractivity contribution in [3.63, 3.8) is 0 Å². The number of nitrogens with zero attached hydrogens (tertiary/aromatic N) is 3. The standard InChI is InChI=1S/C14H16N4O2.C2HF3O2/c1-2-12(19)17-8-4-5-10(9-17)18-13-11(16-14(18)20)6-3-7-15-13;3-2(4,5)1(6)7/h2-3,6-7,10H,1,4-5,8-9H2,(H,16,20);(H,6,7). The largest absolute Gasteiger partial charge is 0.490 e. The third kappa shape index (κ3) is 4.74. The molecular formula is C16H17F3N4O4. The molecule has 2 N–H and O–H groups in total. The van der Waals surface area contributed by atoms with Crippen molar-refractivity contribution < 1.29 is 27.9 Å². The molecule has 8 nitrogen and oxygen atoms in total. The number of carbonyl (C=O) groups is 2. The van der Waals surface area contributed by atoms with Gasteiger partial charge in [0.25, 0.3) is 0 Å². The summed E-state index contributed by atoms with van der Waals surface area (Å²) in [7, 11) is 0. The Balaban J connectivity index is 0.000000321. The van der Waals surface area contributed by atoms with E-state index in [9.17, 15) is 22.8 Å². The van der Waals surface area contributed by atoms with Crippen LogP contribution < -0.4 is 5.69 Å². The highest BCUT2D eigenvalue weighted by molar-refractivity contribution is 5.87. The van der Waals surface area contributed by atoms with Gasteiger partial charge in [0.1, 0.15) is 0 Å². The van der Waals surface area contributed by atoms with Crippen LogP contribution in [0, 0.1) is 0 Å². The Morgan fingerprint density at radius 1 is 1.41 bits per heavy atom. The fourth-order valence-corrected chi connectivity index (χ4v) is 2.79. The average molecular weight is 386 g/mol. The number of aromatic amines is 1. The van der Waals surface area contributed by atoms with Crippen LogP contribution in [0.5, 0.6) is 0 Å². The molecular weight excluding hydrogens is 369 g/mol. The number of nitrogens with one attached hydrogen (secondary N) is 1. The monoisotopic (exact) mass is 386 g/mol. The van der Waals surface area contributed by atoms with E-state index in [0.717, 1.165) is 18.4 Å². The predicted molar refractivity (Wildman–Crippen MR) is 89.1 cm³/mol. The number of hydrogen-bond acceptors (Lipinski definition) is 4. The molecule has 1 aliphatic rings. The van der Waals surface area contributed by atoms with E-state index in [2.05, 4.69) is 16.5 Å². The van der Waals surface area contributed by atoms with Crippen LogP contribution in [-0.4, -0.2) is 55.7 Å². The number of aromatic nitrogens is 3. The first-order valence-corrected chi connectivity index (χ1v) is 7.91. The number of carboxylic acids is 1. The second kappa shape index (κ2) is 8.06. The van der Waals surface area contributed by atoms with Gasteiger partial charge in [0, 0.05) is 19.3 Å². The van der Waals surface area contributed by atoms with Crippen molar-refractivity contribution in [2.45, 2.75) is 25.1 Å². The van der Waals surface area contributed by atoms with Crippen LogP contribution in [0.1, 0.15) is 18.9 Å². The predicted octanol–water partition coefficient (Wildman–Crippen LogP) is 1.71. The number of piperidine rings is 1. The molecule has 11 heteroatoms. The maximum absolute atomic E-state index is 12.1. The quantitative estimate of drug-likeness (QED) is 0.764. The molecule has 1 fully saturated rings. The number of imidazole rings is 1. The average Bonchev–Trinajstić information content (AvgIpc) is 2.96. The van der Waals surface area contributed by atoms with Crippen LogP contribution in [0.25, 0.3) is 11.2 Å². The van der Waals surface area contributed by atoms with Gasteiger partial charge in [0.2, 0.25) is 5.91 Å². The van der Waals surface area contributed by atoms with Gasteiger partial charge in [0.15, 0.2) is 5.65 Å². The first-order chi connectivity index (χ1) is 12.6. The Morgan fingerprint density at radius 3 is 2.67 bits per heavy atom. The molecule has 1 saturated heterocycles. The number of amides is 1. The van der Waals surface area contributed by atoms with E-state index in [0.29, 0.717) is 18.7 Å². The van der Waals surface area contributed by atoms with E-state index in [1.165, 1.54) is 6.08 Å². The minimum atomic E-state index is -5.08. The maximum Gasteiger partial charge on any atom is 0.490 e. The minimum absolute atomic E-state index is 0.0381. The number of aliphatic carboxylic acids is 1. The lowest BCUT2D eigenvalue weighted by Crippen LogP contribution is -2.41. The molecule has 1 unspecified atom stereocenters. The number of carbonyl (C=O) groups excluding carboxylic acids is 1. The van der Waals surface area contributed by atoms with Crippen molar-refractivity contribution >= 4 is 23.0 Å². The summed E-state index contributed by atoms with van der Waals surface area (Å²) < 4.78 is 33.4. The number of fused-ring (bicyclic) bond motifs is 1. The molecule has 2 aromatic rings. The SMILES string of the molecule is C=CC(=O)N1CCCC(n2c(=O)[nH]c3cccnc32)C1.O=C(O)C(F)(F)F.